The maximum absolute atomic E-state index is 14.0. The molecule has 8 heteroatoms. The number of aryl methyl sites for hydroxylation is 1. The highest BCUT2D eigenvalue weighted by molar-refractivity contribution is 5.81. The van der Waals surface area contributed by atoms with Crippen LogP contribution in [0.25, 0.3) is 16.6 Å². The number of carbonyl (C=O) groups is 1. The molecular weight excluding hydrogens is 404 g/mol. The van der Waals surface area contributed by atoms with E-state index in [9.17, 15) is 18.4 Å². The number of amides is 1. The summed E-state index contributed by atoms with van der Waals surface area (Å²) < 4.78 is 34.4. The fourth-order valence-electron chi connectivity index (χ4n) is 3.32. The third kappa shape index (κ3) is 4.90. The molecule has 3 aromatic rings. The van der Waals surface area contributed by atoms with Crippen LogP contribution in [0.3, 0.4) is 0 Å². The van der Waals surface area contributed by atoms with Gasteiger partial charge in [-0.15, -0.1) is 0 Å². The number of halogens is 2. The monoisotopic (exact) mass is 429 g/mol. The van der Waals surface area contributed by atoms with Crippen LogP contribution in [0.1, 0.15) is 51.5 Å². The Kier molecular flexibility index (Phi) is 6.10. The van der Waals surface area contributed by atoms with Gasteiger partial charge in [-0.25, -0.2) is 18.6 Å². The van der Waals surface area contributed by atoms with Crippen molar-refractivity contribution in [2.45, 2.75) is 52.7 Å². The van der Waals surface area contributed by atoms with Crippen molar-refractivity contribution in [3.05, 3.63) is 69.8 Å². The van der Waals surface area contributed by atoms with E-state index in [0.29, 0.717) is 17.3 Å². The van der Waals surface area contributed by atoms with E-state index in [1.807, 2.05) is 13.0 Å². The Labute approximate surface area is 178 Å². The minimum atomic E-state index is -0.828. The number of benzene rings is 2. The predicted molar refractivity (Wildman–Crippen MR) is 114 cm³/mol. The van der Waals surface area contributed by atoms with E-state index in [1.165, 1.54) is 0 Å². The molecule has 1 N–H and O–H groups in total. The zero-order valence-electron chi connectivity index (χ0n) is 18.1. The second-order valence-corrected chi connectivity index (χ2v) is 8.32. The summed E-state index contributed by atoms with van der Waals surface area (Å²) in [6.07, 6.45) is -0.323. The number of para-hydroxylation sites is 1. The SMILES string of the molecule is CCC(NC(=O)OC(C)(C)C)c1nc2c(C)cccc2c(=O)n1-c1cc(F)cc(F)c1. The minimum absolute atomic E-state index is 0.0159. The Bertz CT molecular complexity index is 1180. The van der Waals surface area contributed by atoms with Crippen molar-refractivity contribution >= 4 is 17.0 Å². The van der Waals surface area contributed by atoms with Crippen LogP contribution in [0.4, 0.5) is 13.6 Å². The number of hydrogen-bond acceptors (Lipinski definition) is 4. The first-order valence-electron chi connectivity index (χ1n) is 9.98. The number of carbonyl (C=O) groups excluding carboxylic acids is 1. The molecule has 31 heavy (non-hydrogen) atoms. The topological polar surface area (TPSA) is 73.2 Å². The highest BCUT2D eigenvalue weighted by atomic mass is 19.1. The van der Waals surface area contributed by atoms with Gasteiger partial charge in [0.25, 0.3) is 5.56 Å². The van der Waals surface area contributed by atoms with E-state index in [2.05, 4.69) is 10.3 Å². The molecule has 1 heterocycles. The quantitative estimate of drug-likeness (QED) is 0.637. The van der Waals surface area contributed by atoms with Gasteiger partial charge in [0, 0.05) is 6.07 Å². The van der Waals surface area contributed by atoms with E-state index in [0.717, 1.165) is 28.3 Å². The molecule has 1 amide bonds. The lowest BCUT2D eigenvalue weighted by atomic mass is 10.1. The molecule has 164 valence electrons. The Hall–Kier alpha value is -3.29. The second kappa shape index (κ2) is 8.45. The van der Waals surface area contributed by atoms with Crippen molar-refractivity contribution in [1.29, 1.82) is 0 Å². The zero-order valence-corrected chi connectivity index (χ0v) is 18.1. The number of ether oxygens (including phenoxy) is 1. The van der Waals surface area contributed by atoms with Crippen molar-refractivity contribution in [3.63, 3.8) is 0 Å². The standard InChI is InChI=1S/C23H25F2N3O3/c1-6-18(26-22(30)31-23(3,4)5)20-27-19-13(2)8-7-9-17(19)21(29)28(20)16-11-14(24)10-15(25)12-16/h7-12,18H,6H2,1-5H3,(H,26,30). The normalized spacial score (nSPS) is 12.6. The first-order valence-corrected chi connectivity index (χ1v) is 9.98. The lowest BCUT2D eigenvalue weighted by molar-refractivity contribution is 0.0499. The third-order valence-electron chi connectivity index (χ3n) is 4.64. The zero-order chi connectivity index (χ0) is 22.9. The summed E-state index contributed by atoms with van der Waals surface area (Å²) in [7, 11) is 0. The number of hydrogen-bond donors (Lipinski definition) is 1. The summed E-state index contributed by atoms with van der Waals surface area (Å²) in [5.41, 5.74) is -0.00203. The average molecular weight is 429 g/mol. The van der Waals surface area contributed by atoms with Gasteiger partial charge in [-0.3, -0.25) is 9.36 Å². The first-order chi connectivity index (χ1) is 14.5. The summed E-state index contributed by atoms with van der Waals surface area (Å²) in [5, 5.41) is 3.03. The fraction of sp³-hybridized carbons (Fsp3) is 0.348. The van der Waals surface area contributed by atoms with Crippen LogP contribution >= 0.6 is 0 Å². The molecule has 1 aromatic heterocycles. The highest BCUT2D eigenvalue weighted by Crippen LogP contribution is 2.23. The molecule has 2 aromatic carbocycles. The number of fused-ring (bicyclic) bond motifs is 1. The van der Waals surface area contributed by atoms with Gasteiger partial charge in [0.15, 0.2) is 0 Å². The number of aromatic nitrogens is 2. The van der Waals surface area contributed by atoms with Gasteiger partial charge < -0.3 is 10.1 Å². The molecule has 0 fully saturated rings. The van der Waals surface area contributed by atoms with Gasteiger partial charge in [0.1, 0.15) is 23.1 Å². The summed E-state index contributed by atoms with van der Waals surface area (Å²) in [4.78, 5) is 30.4. The van der Waals surface area contributed by atoms with Crippen LogP contribution < -0.4 is 10.9 Å². The van der Waals surface area contributed by atoms with Crippen LogP contribution in [0.5, 0.6) is 0 Å². The Morgan fingerprint density at radius 1 is 1.19 bits per heavy atom. The molecule has 0 aliphatic heterocycles. The summed E-state index contributed by atoms with van der Waals surface area (Å²) >= 11 is 0. The highest BCUT2D eigenvalue weighted by Gasteiger charge is 2.25. The largest absolute Gasteiger partial charge is 0.444 e. The van der Waals surface area contributed by atoms with E-state index in [-0.39, 0.29) is 11.5 Å². The number of nitrogens with zero attached hydrogens (tertiary/aromatic N) is 2. The molecule has 0 bridgehead atoms. The molecule has 1 unspecified atom stereocenters. The molecule has 0 saturated carbocycles. The Balaban J connectivity index is 2.26. The van der Waals surface area contributed by atoms with Crippen LogP contribution in [-0.2, 0) is 4.74 Å². The van der Waals surface area contributed by atoms with E-state index >= 15 is 0 Å². The molecule has 0 spiro atoms. The van der Waals surface area contributed by atoms with Gasteiger partial charge in [0.05, 0.1) is 22.6 Å². The minimum Gasteiger partial charge on any atom is -0.444 e. The van der Waals surface area contributed by atoms with Gasteiger partial charge in [-0.2, -0.15) is 0 Å². The van der Waals surface area contributed by atoms with Gasteiger partial charge in [-0.05, 0) is 57.9 Å². The predicted octanol–water partition coefficient (Wildman–Crippen LogP) is 4.95. The smallest absolute Gasteiger partial charge is 0.408 e. The maximum Gasteiger partial charge on any atom is 0.408 e. The fourth-order valence-corrected chi connectivity index (χ4v) is 3.32. The van der Waals surface area contributed by atoms with Crippen LogP contribution in [0, 0.1) is 18.6 Å². The van der Waals surface area contributed by atoms with Crippen molar-refractivity contribution in [3.8, 4) is 5.69 Å². The lowest BCUT2D eigenvalue weighted by Crippen LogP contribution is -2.37. The summed E-state index contributed by atoms with van der Waals surface area (Å²) in [6, 6.07) is 7.23. The van der Waals surface area contributed by atoms with E-state index in [4.69, 9.17) is 4.74 Å². The van der Waals surface area contributed by atoms with Crippen molar-refractivity contribution in [1.82, 2.24) is 14.9 Å². The summed E-state index contributed by atoms with van der Waals surface area (Å²) in [6.45, 7) is 8.81. The number of rotatable bonds is 4. The molecule has 1 atom stereocenters. The van der Waals surface area contributed by atoms with E-state index in [1.54, 1.807) is 39.8 Å². The molecule has 3 rings (SSSR count). The van der Waals surface area contributed by atoms with Gasteiger partial charge >= 0.3 is 6.09 Å². The number of alkyl carbamates (subject to hydrolysis) is 1. The van der Waals surface area contributed by atoms with E-state index < -0.39 is 34.9 Å². The van der Waals surface area contributed by atoms with Gasteiger partial charge in [-0.1, -0.05) is 19.1 Å². The first kappa shape index (κ1) is 22.4. The average Bonchev–Trinajstić information content (AvgIpc) is 2.64. The third-order valence-corrected chi connectivity index (χ3v) is 4.64. The number of nitrogens with one attached hydrogen (secondary N) is 1. The maximum atomic E-state index is 14.0. The van der Waals surface area contributed by atoms with Crippen molar-refractivity contribution < 1.29 is 18.3 Å². The molecule has 6 nitrogen and oxygen atoms in total. The molecule has 0 saturated heterocycles. The van der Waals surface area contributed by atoms with Crippen LogP contribution in [0.2, 0.25) is 0 Å². The van der Waals surface area contributed by atoms with Crippen LogP contribution in [-0.4, -0.2) is 21.2 Å². The van der Waals surface area contributed by atoms with Crippen molar-refractivity contribution in [2.75, 3.05) is 0 Å². The van der Waals surface area contributed by atoms with Crippen molar-refractivity contribution in [2.24, 2.45) is 0 Å². The molecule has 0 aliphatic rings. The molecular formula is C23H25F2N3O3. The summed E-state index contributed by atoms with van der Waals surface area (Å²) in [5.74, 6) is -1.50. The Morgan fingerprint density at radius 2 is 1.84 bits per heavy atom. The Morgan fingerprint density at radius 3 is 2.42 bits per heavy atom. The van der Waals surface area contributed by atoms with Crippen LogP contribution in [0.15, 0.2) is 41.2 Å². The van der Waals surface area contributed by atoms with Gasteiger partial charge in [0.2, 0.25) is 0 Å². The lowest BCUT2D eigenvalue weighted by Gasteiger charge is -2.25. The molecule has 0 aliphatic carbocycles. The molecule has 0 radical (unpaired) electrons. The second-order valence-electron chi connectivity index (χ2n) is 8.32.